The van der Waals surface area contributed by atoms with Gasteiger partial charge in [-0.2, -0.15) is 0 Å². The van der Waals surface area contributed by atoms with Gasteiger partial charge in [0.2, 0.25) is 0 Å². The molecule has 1 amide bonds. The second-order valence-electron chi connectivity index (χ2n) is 6.20. The van der Waals surface area contributed by atoms with Gasteiger partial charge in [-0.1, -0.05) is 13.0 Å². The lowest BCUT2D eigenvalue weighted by molar-refractivity contribution is 0.102. The summed E-state index contributed by atoms with van der Waals surface area (Å²) in [5.74, 6) is -2.26. The largest absolute Gasteiger partial charge is 0.368 e. The maximum atomic E-state index is 13.7. The molecule has 1 aromatic heterocycles. The number of hydrogen-bond donors (Lipinski definition) is 1. The second-order valence-corrected chi connectivity index (χ2v) is 6.20. The van der Waals surface area contributed by atoms with Gasteiger partial charge in [-0.3, -0.25) is 9.78 Å². The van der Waals surface area contributed by atoms with Crippen LogP contribution in [0.1, 0.15) is 43.1 Å². The Kier molecular flexibility index (Phi) is 5.26. The molecule has 1 saturated heterocycles. The molecule has 1 aliphatic rings. The number of nitrogens with one attached hydrogen (secondary N) is 1. The zero-order chi connectivity index (χ0) is 17.8. The third kappa shape index (κ3) is 3.78. The first-order valence-corrected chi connectivity index (χ1v) is 8.58. The monoisotopic (exact) mass is 345 g/mol. The second kappa shape index (κ2) is 7.59. The van der Waals surface area contributed by atoms with Gasteiger partial charge in [0, 0.05) is 24.5 Å². The molecule has 0 radical (unpaired) electrons. The zero-order valence-electron chi connectivity index (χ0n) is 14.1. The molecule has 1 aromatic carbocycles. The van der Waals surface area contributed by atoms with Crippen LogP contribution < -0.4 is 10.2 Å². The Morgan fingerprint density at radius 3 is 2.76 bits per heavy atom. The number of aromatic nitrogens is 1. The van der Waals surface area contributed by atoms with Crippen LogP contribution in [0.3, 0.4) is 0 Å². The number of piperidine rings is 1. The Labute approximate surface area is 145 Å². The molecule has 3 rings (SSSR count). The van der Waals surface area contributed by atoms with Crippen molar-refractivity contribution in [3.8, 4) is 0 Å². The van der Waals surface area contributed by atoms with E-state index in [1.54, 1.807) is 12.3 Å². The predicted octanol–water partition coefficient (Wildman–Crippen LogP) is 4.38. The summed E-state index contributed by atoms with van der Waals surface area (Å²) in [4.78, 5) is 18.7. The average Bonchev–Trinajstić information content (AvgIpc) is 2.64. The summed E-state index contributed by atoms with van der Waals surface area (Å²) < 4.78 is 27.4. The van der Waals surface area contributed by atoms with Crippen LogP contribution in [-0.4, -0.2) is 23.5 Å². The van der Waals surface area contributed by atoms with Gasteiger partial charge < -0.3 is 10.2 Å². The lowest BCUT2D eigenvalue weighted by Crippen LogP contribution is -2.39. The molecule has 1 N–H and O–H groups in total. The van der Waals surface area contributed by atoms with E-state index in [1.807, 2.05) is 6.07 Å². The van der Waals surface area contributed by atoms with Gasteiger partial charge in [0.25, 0.3) is 5.91 Å². The molecule has 1 aliphatic heterocycles. The summed E-state index contributed by atoms with van der Waals surface area (Å²) in [6.07, 6.45) is 6.04. The molecule has 1 atom stereocenters. The summed E-state index contributed by atoms with van der Waals surface area (Å²) in [5, 5.41) is 2.28. The molecular formula is C19H21F2N3O. The van der Waals surface area contributed by atoms with Crippen molar-refractivity contribution in [1.29, 1.82) is 0 Å². The van der Waals surface area contributed by atoms with E-state index in [4.69, 9.17) is 0 Å². The predicted molar refractivity (Wildman–Crippen MR) is 93.8 cm³/mol. The van der Waals surface area contributed by atoms with Crippen LogP contribution in [0.15, 0.2) is 36.5 Å². The number of carbonyl (C=O) groups is 1. The maximum absolute atomic E-state index is 13.7. The van der Waals surface area contributed by atoms with E-state index in [1.165, 1.54) is 12.5 Å². The number of nitrogens with zero attached hydrogens (tertiary/aromatic N) is 2. The fraction of sp³-hybridized carbons (Fsp3) is 0.368. The Balaban J connectivity index is 1.82. The van der Waals surface area contributed by atoms with Gasteiger partial charge in [-0.15, -0.1) is 0 Å². The number of carbonyl (C=O) groups excluding carboxylic acids is 1. The average molecular weight is 345 g/mol. The van der Waals surface area contributed by atoms with Crippen LogP contribution in [0.4, 0.5) is 20.2 Å². The van der Waals surface area contributed by atoms with Gasteiger partial charge in [-0.25, -0.2) is 8.78 Å². The maximum Gasteiger partial charge on any atom is 0.274 e. The van der Waals surface area contributed by atoms with Crippen LogP contribution in [0.25, 0.3) is 0 Å². The lowest BCUT2D eigenvalue weighted by Gasteiger charge is -2.37. The quantitative estimate of drug-likeness (QED) is 0.894. The molecule has 0 saturated carbocycles. The topological polar surface area (TPSA) is 45.2 Å². The molecule has 25 heavy (non-hydrogen) atoms. The number of para-hydroxylation sites is 1. The number of amides is 1. The highest BCUT2D eigenvalue weighted by Crippen LogP contribution is 2.27. The van der Waals surface area contributed by atoms with Gasteiger partial charge in [0.15, 0.2) is 0 Å². The van der Waals surface area contributed by atoms with Crippen LogP contribution in [0, 0.1) is 11.6 Å². The van der Waals surface area contributed by atoms with Crippen molar-refractivity contribution in [3.63, 3.8) is 0 Å². The van der Waals surface area contributed by atoms with E-state index in [9.17, 15) is 13.6 Å². The number of anilines is 2. The normalized spacial score (nSPS) is 17.4. The van der Waals surface area contributed by atoms with Crippen molar-refractivity contribution in [2.45, 2.75) is 38.6 Å². The first-order valence-electron chi connectivity index (χ1n) is 8.58. The molecule has 132 valence electrons. The minimum absolute atomic E-state index is 0.139. The summed E-state index contributed by atoms with van der Waals surface area (Å²) in [6.45, 7) is 3.09. The molecular weight excluding hydrogens is 324 g/mol. The first kappa shape index (κ1) is 17.3. The third-order valence-corrected chi connectivity index (χ3v) is 4.61. The van der Waals surface area contributed by atoms with Crippen molar-refractivity contribution in [3.05, 3.63) is 53.9 Å². The summed E-state index contributed by atoms with van der Waals surface area (Å²) in [6, 6.07) is 7.44. The van der Waals surface area contributed by atoms with E-state index in [0.29, 0.717) is 6.04 Å². The Bertz CT molecular complexity index is 746. The number of rotatable bonds is 4. The molecule has 0 spiro atoms. The van der Waals surface area contributed by atoms with Crippen molar-refractivity contribution in [2.24, 2.45) is 0 Å². The number of pyridine rings is 1. The fourth-order valence-electron chi connectivity index (χ4n) is 3.28. The minimum atomic E-state index is -0.813. The molecule has 1 fully saturated rings. The Hall–Kier alpha value is -2.50. The summed E-state index contributed by atoms with van der Waals surface area (Å²) >= 11 is 0. The smallest absolute Gasteiger partial charge is 0.274 e. The molecule has 1 unspecified atom stereocenters. The zero-order valence-corrected chi connectivity index (χ0v) is 14.1. The van der Waals surface area contributed by atoms with E-state index < -0.39 is 23.2 Å². The lowest BCUT2D eigenvalue weighted by atomic mass is 9.99. The van der Waals surface area contributed by atoms with Gasteiger partial charge >= 0.3 is 0 Å². The van der Waals surface area contributed by atoms with Crippen LogP contribution in [-0.2, 0) is 0 Å². The van der Waals surface area contributed by atoms with Crippen LogP contribution in [0.5, 0.6) is 0 Å². The number of benzene rings is 1. The standard InChI is InChI=1S/C19H21F2N3O/c1-2-13-6-3-4-11-24(13)14-9-10-22-17(12-14)19(25)23-18-15(20)7-5-8-16(18)21/h5,7-10,12-13H,2-4,6,11H2,1H3,(H,23,25). The molecule has 0 bridgehead atoms. The van der Waals surface area contributed by atoms with E-state index >= 15 is 0 Å². The SMILES string of the molecule is CCC1CCCCN1c1ccnc(C(=O)Nc2c(F)cccc2F)c1. The van der Waals surface area contributed by atoms with Crippen molar-refractivity contribution < 1.29 is 13.6 Å². The van der Waals surface area contributed by atoms with Gasteiger partial charge in [-0.05, 0) is 49.9 Å². The molecule has 2 heterocycles. The van der Waals surface area contributed by atoms with Gasteiger partial charge in [0.1, 0.15) is 23.0 Å². The molecule has 6 heteroatoms. The van der Waals surface area contributed by atoms with E-state index in [0.717, 1.165) is 43.6 Å². The third-order valence-electron chi connectivity index (χ3n) is 4.61. The van der Waals surface area contributed by atoms with E-state index in [2.05, 4.69) is 22.1 Å². The number of hydrogen-bond acceptors (Lipinski definition) is 3. The summed E-state index contributed by atoms with van der Waals surface area (Å²) in [7, 11) is 0. The molecule has 0 aliphatic carbocycles. The van der Waals surface area contributed by atoms with Crippen molar-refractivity contribution in [2.75, 3.05) is 16.8 Å². The number of halogens is 2. The van der Waals surface area contributed by atoms with E-state index in [-0.39, 0.29) is 5.69 Å². The van der Waals surface area contributed by atoms with Crippen LogP contribution in [0.2, 0.25) is 0 Å². The summed E-state index contributed by atoms with van der Waals surface area (Å²) in [5.41, 5.74) is 0.602. The first-order chi connectivity index (χ1) is 12.1. The van der Waals surface area contributed by atoms with Crippen LogP contribution >= 0.6 is 0 Å². The van der Waals surface area contributed by atoms with Gasteiger partial charge in [0.05, 0.1) is 0 Å². The fourth-order valence-corrected chi connectivity index (χ4v) is 3.28. The Morgan fingerprint density at radius 1 is 1.28 bits per heavy atom. The molecule has 4 nitrogen and oxygen atoms in total. The highest BCUT2D eigenvalue weighted by Gasteiger charge is 2.22. The highest BCUT2D eigenvalue weighted by atomic mass is 19.1. The van der Waals surface area contributed by atoms with Crippen molar-refractivity contribution >= 4 is 17.3 Å². The highest BCUT2D eigenvalue weighted by molar-refractivity contribution is 6.03. The Morgan fingerprint density at radius 2 is 2.04 bits per heavy atom. The molecule has 2 aromatic rings. The minimum Gasteiger partial charge on any atom is -0.368 e. The van der Waals surface area contributed by atoms with Crippen molar-refractivity contribution in [1.82, 2.24) is 4.98 Å².